The third kappa shape index (κ3) is 3.32. The topological polar surface area (TPSA) is 53.1 Å². The lowest BCUT2D eigenvalue weighted by molar-refractivity contribution is 0.107. The van der Waals surface area contributed by atoms with Gasteiger partial charge in [-0.1, -0.05) is 0 Å². The average Bonchev–Trinajstić information content (AvgIpc) is 2.73. The van der Waals surface area contributed by atoms with Gasteiger partial charge in [0, 0.05) is 25.9 Å². The Morgan fingerprint density at radius 3 is 2.87 bits per heavy atom. The minimum Gasteiger partial charge on any atom is -0.382 e. The van der Waals surface area contributed by atoms with E-state index in [-0.39, 0.29) is 12.1 Å². The SMILES string of the molecule is CCn1nccc1C(N)CCC(C)OC. The fourth-order valence-electron chi connectivity index (χ4n) is 1.60. The molecular weight excluding hydrogens is 190 g/mol. The summed E-state index contributed by atoms with van der Waals surface area (Å²) in [5, 5.41) is 4.21. The van der Waals surface area contributed by atoms with Crippen molar-refractivity contribution in [1.29, 1.82) is 0 Å². The molecule has 86 valence electrons. The summed E-state index contributed by atoms with van der Waals surface area (Å²) in [6.07, 6.45) is 3.99. The lowest BCUT2D eigenvalue weighted by Gasteiger charge is -2.15. The molecule has 0 aliphatic heterocycles. The van der Waals surface area contributed by atoms with Gasteiger partial charge in [0.2, 0.25) is 0 Å². The molecule has 1 aromatic heterocycles. The van der Waals surface area contributed by atoms with Crippen molar-refractivity contribution < 1.29 is 4.74 Å². The Labute approximate surface area is 91.4 Å². The van der Waals surface area contributed by atoms with Gasteiger partial charge in [0.1, 0.15) is 0 Å². The highest BCUT2D eigenvalue weighted by Crippen LogP contribution is 2.16. The number of methoxy groups -OCH3 is 1. The molecule has 2 unspecified atom stereocenters. The number of rotatable bonds is 6. The maximum absolute atomic E-state index is 6.10. The molecule has 0 saturated heterocycles. The second kappa shape index (κ2) is 5.88. The number of hydrogen-bond acceptors (Lipinski definition) is 3. The van der Waals surface area contributed by atoms with Gasteiger partial charge in [-0.05, 0) is 32.8 Å². The Hall–Kier alpha value is -0.870. The number of aromatic nitrogens is 2. The number of nitrogens with two attached hydrogens (primary N) is 1. The largest absolute Gasteiger partial charge is 0.382 e. The molecule has 1 aromatic rings. The zero-order valence-electron chi connectivity index (χ0n) is 9.81. The smallest absolute Gasteiger partial charge is 0.0551 e. The van der Waals surface area contributed by atoms with Gasteiger partial charge in [0.25, 0.3) is 0 Å². The summed E-state index contributed by atoms with van der Waals surface area (Å²) < 4.78 is 7.14. The first-order valence-corrected chi connectivity index (χ1v) is 5.49. The van der Waals surface area contributed by atoms with Crippen molar-refractivity contribution in [2.75, 3.05) is 7.11 Å². The highest BCUT2D eigenvalue weighted by molar-refractivity contribution is 5.06. The first kappa shape index (κ1) is 12.2. The molecule has 1 rings (SSSR count). The second-order valence-corrected chi connectivity index (χ2v) is 3.80. The number of aryl methyl sites for hydroxylation is 1. The molecule has 0 amide bonds. The van der Waals surface area contributed by atoms with Gasteiger partial charge in [-0.3, -0.25) is 4.68 Å². The van der Waals surface area contributed by atoms with Gasteiger partial charge < -0.3 is 10.5 Å². The van der Waals surface area contributed by atoms with Crippen LogP contribution in [0.4, 0.5) is 0 Å². The van der Waals surface area contributed by atoms with Crippen LogP contribution in [0.1, 0.15) is 38.4 Å². The van der Waals surface area contributed by atoms with Gasteiger partial charge >= 0.3 is 0 Å². The fourth-order valence-corrected chi connectivity index (χ4v) is 1.60. The van der Waals surface area contributed by atoms with E-state index in [1.165, 1.54) is 0 Å². The Morgan fingerprint density at radius 2 is 2.27 bits per heavy atom. The monoisotopic (exact) mass is 211 g/mol. The molecule has 15 heavy (non-hydrogen) atoms. The summed E-state index contributed by atoms with van der Waals surface area (Å²) in [6.45, 7) is 5.00. The lowest BCUT2D eigenvalue weighted by Crippen LogP contribution is -2.18. The molecule has 2 N–H and O–H groups in total. The Bertz CT molecular complexity index is 285. The van der Waals surface area contributed by atoms with Crippen LogP contribution in [0.5, 0.6) is 0 Å². The lowest BCUT2D eigenvalue weighted by atomic mass is 10.1. The molecule has 0 aromatic carbocycles. The highest BCUT2D eigenvalue weighted by atomic mass is 16.5. The van der Waals surface area contributed by atoms with Gasteiger partial charge in [0.15, 0.2) is 0 Å². The number of ether oxygens (including phenoxy) is 1. The molecule has 0 saturated carbocycles. The highest BCUT2D eigenvalue weighted by Gasteiger charge is 2.12. The minimum absolute atomic E-state index is 0.0602. The third-order valence-electron chi connectivity index (χ3n) is 2.72. The normalized spacial score (nSPS) is 15.2. The molecule has 1 heterocycles. The molecule has 0 spiro atoms. The van der Waals surface area contributed by atoms with Crippen molar-refractivity contribution in [3.05, 3.63) is 18.0 Å². The van der Waals surface area contributed by atoms with Crippen LogP contribution >= 0.6 is 0 Å². The van der Waals surface area contributed by atoms with E-state index >= 15 is 0 Å². The first-order valence-electron chi connectivity index (χ1n) is 5.49. The zero-order valence-corrected chi connectivity index (χ0v) is 9.81. The van der Waals surface area contributed by atoms with Crippen LogP contribution in [0.15, 0.2) is 12.3 Å². The van der Waals surface area contributed by atoms with Crippen molar-refractivity contribution >= 4 is 0 Å². The summed E-state index contributed by atoms with van der Waals surface area (Å²) in [6, 6.07) is 2.05. The first-order chi connectivity index (χ1) is 7.19. The second-order valence-electron chi connectivity index (χ2n) is 3.80. The van der Waals surface area contributed by atoms with Crippen molar-refractivity contribution in [2.45, 2.75) is 45.4 Å². The summed E-state index contributed by atoms with van der Waals surface area (Å²) in [4.78, 5) is 0. The Kier molecular flexibility index (Phi) is 4.78. The molecule has 4 heteroatoms. The van der Waals surface area contributed by atoms with Crippen LogP contribution in [0.3, 0.4) is 0 Å². The predicted molar refractivity (Wildman–Crippen MR) is 60.5 cm³/mol. The van der Waals surface area contributed by atoms with E-state index in [4.69, 9.17) is 10.5 Å². The number of nitrogens with zero attached hydrogens (tertiary/aromatic N) is 2. The van der Waals surface area contributed by atoms with E-state index < -0.39 is 0 Å². The summed E-state index contributed by atoms with van der Waals surface area (Å²) in [5.41, 5.74) is 7.21. The molecule has 0 aliphatic rings. The Morgan fingerprint density at radius 1 is 1.53 bits per heavy atom. The maximum atomic E-state index is 6.10. The maximum Gasteiger partial charge on any atom is 0.0551 e. The standard InChI is InChI=1S/C11H21N3O/c1-4-14-11(7-8-13-14)10(12)6-5-9(2)15-3/h7-10H,4-6,12H2,1-3H3. The van der Waals surface area contributed by atoms with Crippen molar-refractivity contribution in [3.8, 4) is 0 Å². The van der Waals surface area contributed by atoms with Crippen LogP contribution in [0.25, 0.3) is 0 Å². The number of hydrogen-bond donors (Lipinski definition) is 1. The summed E-state index contributed by atoms with van der Waals surface area (Å²) in [5.74, 6) is 0. The predicted octanol–water partition coefficient (Wildman–Crippen LogP) is 1.72. The fraction of sp³-hybridized carbons (Fsp3) is 0.727. The van der Waals surface area contributed by atoms with E-state index in [1.54, 1.807) is 13.3 Å². The van der Waals surface area contributed by atoms with Crippen molar-refractivity contribution in [1.82, 2.24) is 9.78 Å². The van der Waals surface area contributed by atoms with Gasteiger partial charge in [-0.2, -0.15) is 5.10 Å². The molecular formula is C11H21N3O. The molecule has 4 nitrogen and oxygen atoms in total. The molecule has 0 radical (unpaired) electrons. The van der Waals surface area contributed by atoms with E-state index in [0.29, 0.717) is 0 Å². The van der Waals surface area contributed by atoms with Gasteiger partial charge in [-0.25, -0.2) is 0 Å². The molecule has 2 atom stereocenters. The van der Waals surface area contributed by atoms with Gasteiger partial charge in [0.05, 0.1) is 11.8 Å². The van der Waals surface area contributed by atoms with Crippen LogP contribution in [0, 0.1) is 0 Å². The van der Waals surface area contributed by atoms with Crippen molar-refractivity contribution in [3.63, 3.8) is 0 Å². The van der Waals surface area contributed by atoms with Crippen LogP contribution in [0.2, 0.25) is 0 Å². The Balaban J connectivity index is 2.49. The summed E-state index contributed by atoms with van der Waals surface area (Å²) >= 11 is 0. The molecule has 0 bridgehead atoms. The van der Waals surface area contributed by atoms with Crippen LogP contribution in [-0.2, 0) is 11.3 Å². The minimum atomic E-state index is 0.0602. The van der Waals surface area contributed by atoms with E-state index in [0.717, 1.165) is 25.1 Å². The van der Waals surface area contributed by atoms with E-state index in [9.17, 15) is 0 Å². The van der Waals surface area contributed by atoms with Crippen LogP contribution in [-0.4, -0.2) is 23.0 Å². The van der Waals surface area contributed by atoms with Crippen LogP contribution < -0.4 is 5.73 Å². The molecule has 0 aliphatic carbocycles. The van der Waals surface area contributed by atoms with Crippen molar-refractivity contribution in [2.24, 2.45) is 5.73 Å². The van der Waals surface area contributed by atoms with E-state index in [2.05, 4.69) is 18.9 Å². The zero-order chi connectivity index (χ0) is 11.3. The third-order valence-corrected chi connectivity index (χ3v) is 2.72. The quantitative estimate of drug-likeness (QED) is 0.779. The van der Waals surface area contributed by atoms with Gasteiger partial charge in [-0.15, -0.1) is 0 Å². The molecule has 0 fully saturated rings. The van der Waals surface area contributed by atoms with E-state index in [1.807, 2.05) is 10.7 Å². The average molecular weight is 211 g/mol. The summed E-state index contributed by atoms with van der Waals surface area (Å²) in [7, 11) is 1.73.